The molecule has 2 N–H and O–H groups in total. The molecule has 0 bridgehead atoms. The van der Waals surface area contributed by atoms with Crippen LogP contribution < -0.4 is 5.73 Å². The van der Waals surface area contributed by atoms with E-state index in [1.165, 1.54) is 0 Å². The van der Waals surface area contributed by atoms with Gasteiger partial charge in [0.15, 0.2) is 0 Å². The van der Waals surface area contributed by atoms with E-state index >= 15 is 0 Å². The van der Waals surface area contributed by atoms with Gasteiger partial charge in [0, 0.05) is 12.7 Å². The molecule has 7 heteroatoms. The fourth-order valence-corrected chi connectivity index (χ4v) is 4.66. The van der Waals surface area contributed by atoms with Crippen LogP contribution >= 0.6 is 27.5 Å². The van der Waals surface area contributed by atoms with Crippen molar-refractivity contribution in [1.82, 2.24) is 9.78 Å². The van der Waals surface area contributed by atoms with Gasteiger partial charge in [-0.1, -0.05) is 24.6 Å². The lowest BCUT2D eigenvalue weighted by Crippen LogP contribution is -2.06. The zero-order valence-electron chi connectivity index (χ0n) is 11.2. The maximum Gasteiger partial charge on any atom is 0.0807 e. The third kappa shape index (κ3) is 2.92. The SMILES string of the molecule is CCc1nn(C)c(CS(=O)c2c(N)cccc2Cl)c1Br. The number of rotatable bonds is 4. The van der Waals surface area contributed by atoms with E-state index in [2.05, 4.69) is 21.0 Å². The zero-order chi connectivity index (χ0) is 14.9. The van der Waals surface area contributed by atoms with Crippen molar-refractivity contribution in [2.24, 2.45) is 7.05 Å². The van der Waals surface area contributed by atoms with Gasteiger partial charge in [-0.15, -0.1) is 0 Å². The van der Waals surface area contributed by atoms with Crippen LogP contribution in [0.4, 0.5) is 5.69 Å². The first-order chi connectivity index (χ1) is 9.45. The van der Waals surface area contributed by atoms with Gasteiger partial charge in [-0.05, 0) is 34.5 Å². The van der Waals surface area contributed by atoms with E-state index in [1.54, 1.807) is 22.9 Å². The van der Waals surface area contributed by atoms with Crippen LogP contribution in [0.25, 0.3) is 0 Å². The molecule has 1 atom stereocenters. The predicted molar refractivity (Wildman–Crippen MR) is 86.3 cm³/mol. The lowest BCUT2D eigenvalue weighted by Gasteiger charge is -2.08. The van der Waals surface area contributed by atoms with Crippen molar-refractivity contribution in [3.63, 3.8) is 0 Å². The van der Waals surface area contributed by atoms with Crippen LogP contribution in [0.3, 0.4) is 0 Å². The summed E-state index contributed by atoms with van der Waals surface area (Å²) in [6.45, 7) is 2.03. The number of aromatic nitrogens is 2. The standard InChI is InChI=1S/C13H15BrClN3OS/c1-3-10-12(14)11(18(2)17-10)7-20(19)13-8(15)5-4-6-9(13)16/h4-6H,3,7,16H2,1-2H3. The molecule has 1 heterocycles. The highest BCUT2D eigenvalue weighted by molar-refractivity contribution is 9.10. The monoisotopic (exact) mass is 375 g/mol. The number of anilines is 1. The maximum absolute atomic E-state index is 12.5. The molecule has 0 spiro atoms. The molecular formula is C13H15BrClN3OS. The fraction of sp³-hybridized carbons (Fsp3) is 0.308. The largest absolute Gasteiger partial charge is 0.398 e. The van der Waals surface area contributed by atoms with E-state index in [9.17, 15) is 4.21 Å². The second kappa shape index (κ2) is 6.28. The van der Waals surface area contributed by atoms with Gasteiger partial charge in [0.25, 0.3) is 0 Å². The lowest BCUT2D eigenvalue weighted by molar-refractivity contribution is 0.675. The molecule has 4 nitrogen and oxygen atoms in total. The van der Waals surface area contributed by atoms with Gasteiger partial charge in [-0.2, -0.15) is 5.10 Å². The van der Waals surface area contributed by atoms with Crippen LogP contribution in [-0.2, 0) is 30.0 Å². The molecule has 0 amide bonds. The molecule has 1 unspecified atom stereocenters. The summed E-state index contributed by atoms with van der Waals surface area (Å²) in [7, 11) is 0.525. The Kier molecular flexibility index (Phi) is 4.88. The molecule has 1 aromatic carbocycles. The lowest BCUT2D eigenvalue weighted by atomic mass is 10.3. The summed E-state index contributed by atoms with van der Waals surface area (Å²) in [4.78, 5) is 0.486. The summed E-state index contributed by atoms with van der Waals surface area (Å²) >= 11 is 9.61. The number of halogens is 2. The first-order valence-electron chi connectivity index (χ1n) is 6.08. The van der Waals surface area contributed by atoms with Crippen molar-refractivity contribution in [1.29, 1.82) is 0 Å². The van der Waals surface area contributed by atoms with Crippen molar-refractivity contribution < 1.29 is 4.21 Å². The Morgan fingerprint density at radius 2 is 2.20 bits per heavy atom. The number of hydrogen-bond acceptors (Lipinski definition) is 3. The summed E-state index contributed by atoms with van der Waals surface area (Å²) in [6, 6.07) is 5.14. The third-order valence-electron chi connectivity index (χ3n) is 3.00. The number of benzene rings is 1. The first-order valence-corrected chi connectivity index (χ1v) is 8.57. The molecular weight excluding hydrogens is 362 g/mol. The van der Waals surface area contributed by atoms with Gasteiger partial charge in [0.1, 0.15) is 0 Å². The predicted octanol–water partition coefficient (Wildman–Crippen LogP) is 3.29. The van der Waals surface area contributed by atoms with Crippen LogP contribution in [0.15, 0.2) is 27.6 Å². The summed E-state index contributed by atoms with van der Waals surface area (Å²) in [6.07, 6.45) is 0.815. The Bertz CT molecular complexity index is 652. The molecule has 20 heavy (non-hydrogen) atoms. The summed E-state index contributed by atoms with van der Waals surface area (Å²) in [5, 5.41) is 4.82. The topological polar surface area (TPSA) is 60.9 Å². The van der Waals surface area contributed by atoms with Crippen LogP contribution in [0.2, 0.25) is 5.02 Å². The molecule has 0 radical (unpaired) electrons. The average Bonchev–Trinajstić information content (AvgIpc) is 2.66. The molecule has 0 aliphatic rings. The summed E-state index contributed by atoms with van der Waals surface area (Å²) in [5.74, 6) is 0.317. The maximum atomic E-state index is 12.5. The molecule has 0 fully saturated rings. The molecule has 0 saturated carbocycles. The van der Waals surface area contributed by atoms with E-state index in [4.69, 9.17) is 17.3 Å². The van der Waals surface area contributed by atoms with Crippen molar-refractivity contribution in [2.45, 2.75) is 24.0 Å². The Labute approximate surface area is 133 Å². The van der Waals surface area contributed by atoms with E-state index in [-0.39, 0.29) is 0 Å². The van der Waals surface area contributed by atoms with E-state index < -0.39 is 10.8 Å². The van der Waals surface area contributed by atoms with Gasteiger partial charge >= 0.3 is 0 Å². The third-order valence-corrected chi connectivity index (χ3v) is 5.78. The van der Waals surface area contributed by atoms with Crippen LogP contribution in [-0.4, -0.2) is 14.0 Å². The molecule has 1 aromatic heterocycles. The van der Waals surface area contributed by atoms with Crippen LogP contribution in [0.1, 0.15) is 18.3 Å². The Balaban J connectivity index is 2.36. The van der Waals surface area contributed by atoms with Crippen molar-refractivity contribution in [2.75, 3.05) is 5.73 Å². The fourth-order valence-electron chi connectivity index (χ4n) is 1.94. The average molecular weight is 377 g/mol. The van der Waals surface area contributed by atoms with Gasteiger partial charge in [-0.25, -0.2) is 0 Å². The minimum absolute atomic E-state index is 0.317. The highest BCUT2D eigenvalue weighted by Crippen LogP contribution is 2.29. The Morgan fingerprint density at radius 1 is 1.50 bits per heavy atom. The van der Waals surface area contributed by atoms with Crippen molar-refractivity contribution in [3.8, 4) is 0 Å². The molecule has 108 valence electrons. The van der Waals surface area contributed by atoms with Crippen molar-refractivity contribution >= 4 is 44.0 Å². The van der Waals surface area contributed by atoms with Crippen LogP contribution in [0, 0.1) is 0 Å². The molecule has 0 aliphatic heterocycles. The summed E-state index contributed by atoms with van der Waals surface area (Å²) in [5.41, 5.74) is 8.15. The van der Waals surface area contributed by atoms with Crippen LogP contribution in [0.5, 0.6) is 0 Å². The van der Waals surface area contributed by atoms with E-state index in [0.29, 0.717) is 21.4 Å². The number of nitrogens with two attached hydrogens (primary N) is 1. The molecule has 2 aromatic rings. The minimum atomic E-state index is -1.31. The number of aryl methyl sites for hydroxylation is 2. The highest BCUT2D eigenvalue weighted by atomic mass is 79.9. The quantitative estimate of drug-likeness (QED) is 0.833. The van der Waals surface area contributed by atoms with Gasteiger partial charge in [0.05, 0.1) is 42.3 Å². The number of nitrogens with zero attached hydrogens (tertiary/aromatic N) is 2. The summed E-state index contributed by atoms with van der Waals surface area (Å²) < 4.78 is 15.2. The van der Waals surface area contributed by atoms with E-state index in [0.717, 1.165) is 22.3 Å². The minimum Gasteiger partial charge on any atom is -0.398 e. The van der Waals surface area contributed by atoms with Crippen molar-refractivity contribution in [3.05, 3.63) is 39.1 Å². The van der Waals surface area contributed by atoms with Gasteiger partial charge in [0.2, 0.25) is 0 Å². The van der Waals surface area contributed by atoms with Gasteiger partial charge in [-0.3, -0.25) is 8.89 Å². The van der Waals surface area contributed by atoms with Gasteiger partial charge < -0.3 is 5.73 Å². The van der Waals surface area contributed by atoms with E-state index in [1.807, 2.05) is 14.0 Å². The smallest absolute Gasteiger partial charge is 0.0807 e. The molecule has 2 rings (SSSR count). The normalized spacial score (nSPS) is 12.6. The second-order valence-corrected chi connectivity index (χ2v) is 6.92. The molecule has 0 aliphatic carbocycles. The molecule has 0 saturated heterocycles. The first kappa shape index (κ1) is 15.5. The second-order valence-electron chi connectivity index (χ2n) is 4.33. The number of nitrogen functional groups attached to an aromatic ring is 1. The zero-order valence-corrected chi connectivity index (χ0v) is 14.3. The number of hydrogen-bond donors (Lipinski definition) is 1. The Morgan fingerprint density at radius 3 is 2.75 bits per heavy atom. The highest BCUT2D eigenvalue weighted by Gasteiger charge is 2.19. The Hall–Kier alpha value is -0.850.